The number of ether oxygens (including phenoxy) is 1. The highest BCUT2D eigenvalue weighted by Crippen LogP contribution is 2.50. The Labute approximate surface area is 251 Å². The summed E-state index contributed by atoms with van der Waals surface area (Å²) >= 11 is 3.62. The maximum atomic E-state index is 11.3. The van der Waals surface area contributed by atoms with Crippen LogP contribution in [0.25, 0.3) is 5.82 Å². The highest BCUT2D eigenvalue weighted by molar-refractivity contribution is 9.10. The predicted octanol–water partition coefficient (Wildman–Crippen LogP) is 7.24. The van der Waals surface area contributed by atoms with E-state index in [9.17, 15) is 5.11 Å². The van der Waals surface area contributed by atoms with Crippen LogP contribution in [0.4, 0.5) is 22.9 Å². The maximum Gasteiger partial charge on any atom is 0.179 e. The highest BCUT2D eigenvalue weighted by Gasteiger charge is 2.42. The van der Waals surface area contributed by atoms with E-state index in [1.165, 1.54) is 0 Å². The van der Waals surface area contributed by atoms with Gasteiger partial charge in [0.15, 0.2) is 23.3 Å². The first-order valence-corrected chi connectivity index (χ1v) is 14.4. The second kappa shape index (κ2) is 10.5. The third-order valence-electron chi connectivity index (χ3n) is 7.22. The number of fused-ring (bicyclic) bond motifs is 4. The average molecular weight is 621 g/mol. The molecule has 2 aliphatic rings. The number of nitrogens with one attached hydrogen (secondary N) is 1. The van der Waals surface area contributed by atoms with E-state index in [0.29, 0.717) is 35.5 Å². The fourth-order valence-corrected chi connectivity index (χ4v) is 5.79. The van der Waals surface area contributed by atoms with E-state index in [4.69, 9.17) is 19.8 Å². The van der Waals surface area contributed by atoms with E-state index in [-0.39, 0.29) is 5.75 Å². The summed E-state index contributed by atoms with van der Waals surface area (Å²) in [6, 6.07) is 26.4. The van der Waals surface area contributed by atoms with Crippen LogP contribution in [0.3, 0.4) is 0 Å². The van der Waals surface area contributed by atoms with Gasteiger partial charge in [-0.25, -0.2) is 15.0 Å². The number of anilines is 2. The quantitative estimate of drug-likeness (QED) is 0.215. The Morgan fingerprint density at radius 2 is 1.79 bits per heavy atom. The fourth-order valence-electron chi connectivity index (χ4n) is 5.41. The molecule has 2 N–H and O–H groups in total. The van der Waals surface area contributed by atoms with Gasteiger partial charge >= 0.3 is 0 Å². The Balaban J connectivity index is 1.47. The molecular formula is C32H26BrN7O2. The third-order valence-corrected chi connectivity index (χ3v) is 7.71. The zero-order valence-electron chi connectivity index (χ0n) is 22.9. The number of aliphatic imine (C=N–C) groups is 2. The van der Waals surface area contributed by atoms with Gasteiger partial charge in [-0.3, -0.25) is 0 Å². The Kier molecular flexibility index (Phi) is 6.47. The van der Waals surface area contributed by atoms with Gasteiger partial charge in [0.1, 0.15) is 11.5 Å². The van der Waals surface area contributed by atoms with Crippen LogP contribution in [0.1, 0.15) is 29.8 Å². The average Bonchev–Trinajstić information content (AvgIpc) is 3.35. The lowest BCUT2D eigenvalue weighted by molar-refractivity contribution is 0.340. The predicted molar refractivity (Wildman–Crippen MR) is 168 cm³/mol. The zero-order valence-corrected chi connectivity index (χ0v) is 24.4. The molecule has 5 aromatic rings. The standard InChI is InChI=1S/C32H26BrN7O2/c1-3-42-22-14-12-21(13-15-22)35-30-32-37-31-28(19(2)38-40(31)27-10-6-7-17-34-27)29(23-18-20(33)11-16-26(23)41)39(32)25-9-5-4-8-24(25)36-30/h4-18,29,41H,3H2,1-2H3,(H,35,36)/t29-/m0/s1. The first-order valence-electron chi connectivity index (χ1n) is 13.6. The molecular weight excluding hydrogens is 594 g/mol. The molecule has 3 aromatic carbocycles. The smallest absolute Gasteiger partial charge is 0.179 e. The van der Waals surface area contributed by atoms with Crippen molar-refractivity contribution in [3.63, 3.8) is 0 Å². The van der Waals surface area contributed by atoms with Crippen LogP contribution in [-0.2, 0) is 0 Å². The Morgan fingerprint density at radius 3 is 2.57 bits per heavy atom. The van der Waals surface area contributed by atoms with Crippen molar-refractivity contribution in [2.75, 3.05) is 16.8 Å². The van der Waals surface area contributed by atoms with E-state index in [1.807, 2.05) is 92.7 Å². The SMILES string of the molecule is CCOc1ccc(NC2=Nc3ccccc3N3C2=Nc2c(c(C)nn2-c2ccccn2)[C@@H]3c2cc(Br)ccc2O)cc1. The molecule has 0 fully saturated rings. The number of para-hydroxylation sites is 2. The summed E-state index contributed by atoms with van der Waals surface area (Å²) < 4.78 is 8.24. The van der Waals surface area contributed by atoms with Crippen molar-refractivity contribution in [2.45, 2.75) is 19.9 Å². The number of hydrogen-bond acceptors (Lipinski definition) is 8. The molecule has 2 aromatic heterocycles. The molecule has 9 nitrogen and oxygen atoms in total. The number of rotatable bonds is 5. The second-order valence-corrected chi connectivity index (χ2v) is 10.8. The van der Waals surface area contributed by atoms with Crippen LogP contribution in [0.2, 0.25) is 0 Å². The number of benzene rings is 3. The summed E-state index contributed by atoms with van der Waals surface area (Å²) in [5, 5.41) is 19.6. The number of hydrogen-bond donors (Lipinski definition) is 2. The molecule has 0 bridgehead atoms. The summed E-state index contributed by atoms with van der Waals surface area (Å²) in [4.78, 5) is 16.9. The lowest BCUT2D eigenvalue weighted by Gasteiger charge is -2.40. The number of nitrogens with zero attached hydrogens (tertiary/aromatic N) is 6. The molecule has 0 aliphatic carbocycles. The third kappa shape index (κ3) is 4.40. The Morgan fingerprint density at radius 1 is 0.976 bits per heavy atom. The number of pyridine rings is 1. The summed E-state index contributed by atoms with van der Waals surface area (Å²) in [7, 11) is 0. The number of halogens is 1. The summed E-state index contributed by atoms with van der Waals surface area (Å²) in [6.45, 7) is 4.52. The largest absolute Gasteiger partial charge is 0.508 e. The Hall–Kier alpha value is -4.96. The molecule has 0 saturated carbocycles. The summed E-state index contributed by atoms with van der Waals surface area (Å²) in [5.41, 5.74) is 4.84. The molecule has 0 unspecified atom stereocenters. The van der Waals surface area contributed by atoms with Crippen molar-refractivity contribution < 1.29 is 9.84 Å². The second-order valence-electron chi connectivity index (χ2n) is 9.87. The molecule has 4 heterocycles. The number of aromatic hydroxyl groups is 1. The van der Waals surface area contributed by atoms with E-state index >= 15 is 0 Å². The molecule has 42 heavy (non-hydrogen) atoms. The normalized spacial score (nSPS) is 15.2. The van der Waals surface area contributed by atoms with E-state index in [1.54, 1.807) is 16.9 Å². The first kappa shape index (κ1) is 26.0. The molecule has 7 rings (SSSR count). The lowest BCUT2D eigenvalue weighted by atomic mass is 9.92. The summed E-state index contributed by atoms with van der Waals surface area (Å²) in [6.07, 6.45) is 1.73. The molecule has 0 saturated heterocycles. The van der Waals surface area contributed by atoms with Gasteiger partial charge in [-0.1, -0.05) is 34.1 Å². The van der Waals surface area contributed by atoms with E-state index in [0.717, 1.165) is 38.5 Å². The van der Waals surface area contributed by atoms with Crippen molar-refractivity contribution in [1.82, 2.24) is 14.8 Å². The molecule has 0 radical (unpaired) electrons. The van der Waals surface area contributed by atoms with Gasteiger partial charge in [0.25, 0.3) is 0 Å². The molecule has 2 aliphatic heterocycles. The number of phenols is 1. The first-order chi connectivity index (χ1) is 20.5. The topological polar surface area (TPSA) is 100 Å². The maximum absolute atomic E-state index is 11.3. The van der Waals surface area contributed by atoms with Gasteiger partial charge in [-0.2, -0.15) is 9.78 Å². The Bertz CT molecular complexity index is 1870. The summed E-state index contributed by atoms with van der Waals surface area (Å²) in [5.74, 6) is 3.39. The number of amidine groups is 2. The minimum Gasteiger partial charge on any atom is -0.508 e. The molecule has 0 spiro atoms. The van der Waals surface area contributed by atoms with Gasteiger partial charge in [0.2, 0.25) is 0 Å². The van der Waals surface area contributed by atoms with Crippen molar-refractivity contribution in [2.24, 2.45) is 9.98 Å². The van der Waals surface area contributed by atoms with Crippen LogP contribution in [0.15, 0.2) is 106 Å². The van der Waals surface area contributed by atoms with Crippen LogP contribution < -0.4 is 15.0 Å². The molecule has 1 atom stereocenters. The molecule has 0 amide bonds. The van der Waals surface area contributed by atoms with Crippen LogP contribution >= 0.6 is 15.9 Å². The number of aryl methyl sites for hydroxylation is 1. The minimum absolute atomic E-state index is 0.168. The van der Waals surface area contributed by atoms with E-state index < -0.39 is 6.04 Å². The lowest BCUT2D eigenvalue weighted by Crippen LogP contribution is -2.46. The van der Waals surface area contributed by atoms with Crippen LogP contribution in [0, 0.1) is 6.92 Å². The number of aromatic nitrogens is 3. The van der Waals surface area contributed by atoms with Gasteiger partial charge in [-0.15, -0.1) is 0 Å². The van der Waals surface area contributed by atoms with Gasteiger partial charge in [-0.05, 0) is 80.6 Å². The minimum atomic E-state index is -0.462. The van der Waals surface area contributed by atoms with E-state index in [2.05, 4.69) is 31.1 Å². The fraction of sp³-hybridized carbons (Fsp3) is 0.125. The van der Waals surface area contributed by atoms with Crippen molar-refractivity contribution >= 4 is 50.5 Å². The van der Waals surface area contributed by atoms with Crippen molar-refractivity contribution in [3.8, 4) is 17.3 Å². The highest BCUT2D eigenvalue weighted by atomic mass is 79.9. The molecule has 10 heteroatoms. The van der Waals surface area contributed by atoms with Gasteiger partial charge in [0.05, 0.1) is 29.7 Å². The van der Waals surface area contributed by atoms with Crippen LogP contribution in [-0.4, -0.2) is 38.1 Å². The number of phenolic OH excluding ortho intramolecular Hbond substituents is 1. The van der Waals surface area contributed by atoms with Gasteiger partial charge < -0.3 is 20.1 Å². The van der Waals surface area contributed by atoms with Crippen molar-refractivity contribution in [3.05, 3.63) is 112 Å². The van der Waals surface area contributed by atoms with Crippen molar-refractivity contribution in [1.29, 1.82) is 0 Å². The molecule has 208 valence electrons. The monoisotopic (exact) mass is 619 g/mol. The zero-order chi connectivity index (χ0) is 28.8. The van der Waals surface area contributed by atoms with Crippen LogP contribution in [0.5, 0.6) is 11.5 Å². The van der Waals surface area contributed by atoms with Gasteiger partial charge in [0, 0.05) is 27.5 Å².